The van der Waals surface area contributed by atoms with Crippen LogP contribution in [0.5, 0.6) is 0 Å². The lowest BCUT2D eigenvalue weighted by Gasteiger charge is -2.30. The number of quaternary nitrogens is 1. The van der Waals surface area contributed by atoms with E-state index in [4.69, 9.17) is 13.8 Å². The molecule has 3 atom stereocenters. The minimum atomic E-state index is -4.69. The Morgan fingerprint density at radius 2 is 0.795 bits per heavy atom. The molecule has 3 unspecified atom stereocenters. The van der Waals surface area contributed by atoms with Gasteiger partial charge in [-0.05, 0) is 57.4 Å². The van der Waals surface area contributed by atoms with Crippen molar-refractivity contribution in [3.05, 3.63) is 24.3 Å². The number of likely N-dealkylation sites (N-methyl/N-ethyl adjacent to an activating group) is 1. The zero-order valence-electron chi connectivity index (χ0n) is 49.4. The van der Waals surface area contributed by atoms with Gasteiger partial charge >= 0.3 is 5.97 Å². The van der Waals surface area contributed by atoms with Gasteiger partial charge in [-0.1, -0.05) is 270 Å². The van der Waals surface area contributed by atoms with Crippen LogP contribution >= 0.6 is 7.82 Å². The highest BCUT2D eigenvalue weighted by molar-refractivity contribution is 7.45. The van der Waals surface area contributed by atoms with Crippen LogP contribution in [0.1, 0.15) is 316 Å². The standard InChI is InChI=1S/C63H123N2O7P/c1-7-10-13-16-19-22-25-27-29-31-32-34-35-37-40-43-46-49-52-55-62(66)64-60(59-71-73(68,69)70-58-57-65(4,5)6)61(54-51-48-45-42-39-24-21-18-15-12-9-3)72-63(67)56-53-50-47-44-41-38-36-33-30-28-26-23-20-17-14-11-8-2/h27,29,51,54,60-61H,7-26,28,30-50,52-53,55-59H2,1-6H3,(H-,64,66,68,69)/b29-27+,54-51+. The second-order valence-corrected chi connectivity index (χ2v) is 24.3. The van der Waals surface area contributed by atoms with E-state index in [1.54, 1.807) is 0 Å². The molecule has 0 rings (SSSR count). The molecular formula is C63H123N2O7P. The Hall–Kier alpha value is -1.51. The number of carbonyl (C=O) groups excluding carboxylic acids is 2. The number of unbranched alkanes of at least 4 members (excludes halogenated alkanes) is 40. The van der Waals surface area contributed by atoms with Gasteiger partial charge in [0.15, 0.2) is 0 Å². The highest BCUT2D eigenvalue weighted by Crippen LogP contribution is 2.38. The van der Waals surface area contributed by atoms with Gasteiger partial charge < -0.3 is 28.5 Å². The molecule has 0 aliphatic rings. The molecule has 0 radical (unpaired) electrons. The Morgan fingerprint density at radius 1 is 0.466 bits per heavy atom. The lowest BCUT2D eigenvalue weighted by molar-refractivity contribution is -0.870. The molecule has 73 heavy (non-hydrogen) atoms. The maximum absolute atomic E-state index is 13.5. The summed E-state index contributed by atoms with van der Waals surface area (Å²) in [5.74, 6) is -0.527. The summed E-state index contributed by atoms with van der Waals surface area (Å²) in [6, 6.07) is -0.883. The Labute approximate surface area is 454 Å². The Morgan fingerprint density at radius 3 is 1.16 bits per heavy atom. The number of ether oxygens (including phenoxy) is 1. The number of esters is 1. The summed E-state index contributed by atoms with van der Waals surface area (Å²) in [6.07, 6.45) is 62.8. The van der Waals surface area contributed by atoms with Crippen molar-refractivity contribution in [3.63, 3.8) is 0 Å². The molecule has 0 fully saturated rings. The maximum atomic E-state index is 13.5. The van der Waals surface area contributed by atoms with Crippen molar-refractivity contribution in [2.24, 2.45) is 0 Å². The SMILES string of the molecule is CCCCCCCC/C=C/CCCCCCCCCCCC(=O)NC(COP(=O)([O-])OCC[N+](C)(C)C)C(/C=C/CCCCCCCCCCC)OC(=O)CCCCCCCCCCCCCCCCCCC. The molecule has 0 bridgehead atoms. The summed E-state index contributed by atoms with van der Waals surface area (Å²) in [7, 11) is 1.20. The van der Waals surface area contributed by atoms with Crippen molar-refractivity contribution in [2.45, 2.75) is 328 Å². The Kier molecular flexibility index (Phi) is 52.8. The first-order valence-corrected chi connectivity index (χ1v) is 33.1. The summed E-state index contributed by atoms with van der Waals surface area (Å²) < 4.78 is 30.3. The number of allylic oxidation sites excluding steroid dienone is 3. The van der Waals surface area contributed by atoms with Crippen LogP contribution in [0.2, 0.25) is 0 Å². The van der Waals surface area contributed by atoms with E-state index in [2.05, 4.69) is 38.2 Å². The molecule has 0 aromatic heterocycles. The van der Waals surface area contributed by atoms with Crippen molar-refractivity contribution in [1.29, 1.82) is 0 Å². The predicted octanol–water partition coefficient (Wildman–Crippen LogP) is 18.7. The van der Waals surface area contributed by atoms with Crippen LogP contribution in [0, 0.1) is 0 Å². The van der Waals surface area contributed by atoms with Crippen LogP contribution in [0.4, 0.5) is 0 Å². The Balaban J connectivity index is 5.17. The number of nitrogens with one attached hydrogen (secondary N) is 1. The lowest BCUT2D eigenvalue weighted by atomic mass is 10.0. The number of hydrogen-bond acceptors (Lipinski definition) is 7. The van der Waals surface area contributed by atoms with Crippen LogP contribution in [0.25, 0.3) is 0 Å². The summed E-state index contributed by atoms with van der Waals surface area (Å²) in [4.78, 5) is 40.0. The van der Waals surface area contributed by atoms with Crippen LogP contribution in [-0.4, -0.2) is 69.4 Å². The van der Waals surface area contributed by atoms with Gasteiger partial charge in [0, 0.05) is 12.8 Å². The summed E-state index contributed by atoms with van der Waals surface area (Å²) in [5, 5.41) is 3.03. The van der Waals surface area contributed by atoms with Gasteiger partial charge in [-0.2, -0.15) is 0 Å². The van der Waals surface area contributed by atoms with Gasteiger partial charge in [0.2, 0.25) is 5.91 Å². The first-order valence-electron chi connectivity index (χ1n) is 31.6. The van der Waals surface area contributed by atoms with Crippen molar-refractivity contribution < 1.29 is 37.3 Å². The van der Waals surface area contributed by atoms with Crippen LogP contribution in [0.3, 0.4) is 0 Å². The van der Waals surface area contributed by atoms with Crippen molar-refractivity contribution >= 4 is 19.7 Å². The minimum Gasteiger partial charge on any atom is -0.756 e. The number of amides is 1. The molecule has 0 saturated carbocycles. The van der Waals surface area contributed by atoms with E-state index in [0.717, 1.165) is 57.8 Å². The number of phosphoric ester groups is 1. The average Bonchev–Trinajstić information content (AvgIpc) is 3.35. The van der Waals surface area contributed by atoms with E-state index in [0.29, 0.717) is 17.4 Å². The zero-order chi connectivity index (χ0) is 53.6. The molecule has 0 aromatic carbocycles. The first kappa shape index (κ1) is 71.5. The summed E-state index contributed by atoms with van der Waals surface area (Å²) in [5.41, 5.74) is 0. The maximum Gasteiger partial charge on any atom is 0.306 e. The number of nitrogens with zero attached hydrogens (tertiary/aromatic N) is 1. The summed E-state index contributed by atoms with van der Waals surface area (Å²) in [6.45, 7) is 6.88. The van der Waals surface area contributed by atoms with Gasteiger partial charge in [0.05, 0.1) is 33.8 Å². The first-order chi connectivity index (χ1) is 35.4. The highest BCUT2D eigenvalue weighted by atomic mass is 31.2. The van der Waals surface area contributed by atoms with Crippen molar-refractivity contribution in [1.82, 2.24) is 5.32 Å². The van der Waals surface area contributed by atoms with E-state index in [1.807, 2.05) is 33.3 Å². The third-order valence-corrected chi connectivity index (χ3v) is 15.3. The average molecular weight is 1050 g/mol. The van der Waals surface area contributed by atoms with Gasteiger partial charge in [-0.15, -0.1) is 0 Å². The smallest absolute Gasteiger partial charge is 0.306 e. The fourth-order valence-corrected chi connectivity index (χ4v) is 10.2. The number of rotatable bonds is 58. The third-order valence-electron chi connectivity index (χ3n) is 14.4. The van der Waals surface area contributed by atoms with Crippen LogP contribution < -0.4 is 10.2 Å². The predicted molar refractivity (Wildman–Crippen MR) is 312 cm³/mol. The normalized spacial score (nSPS) is 13.8. The second-order valence-electron chi connectivity index (χ2n) is 22.9. The lowest BCUT2D eigenvalue weighted by Crippen LogP contribution is -2.47. The molecule has 0 saturated heterocycles. The van der Waals surface area contributed by atoms with Crippen molar-refractivity contribution in [3.8, 4) is 0 Å². The van der Waals surface area contributed by atoms with E-state index in [1.165, 1.54) is 225 Å². The molecular weight excluding hydrogens is 928 g/mol. The molecule has 0 aromatic rings. The molecule has 1 amide bonds. The number of hydrogen-bond donors (Lipinski definition) is 1. The fourth-order valence-electron chi connectivity index (χ4n) is 9.46. The van der Waals surface area contributed by atoms with Crippen LogP contribution in [-0.2, 0) is 27.9 Å². The van der Waals surface area contributed by atoms with Crippen molar-refractivity contribution in [2.75, 3.05) is 40.9 Å². The minimum absolute atomic E-state index is 0.0191. The van der Waals surface area contributed by atoms with Gasteiger partial charge in [0.25, 0.3) is 7.82 Å². The fraction of sp³-hybridized carbons (Fsp3) is 0.905. The van der Waals surface area contributed by atoms with E-state index >= 15 is 0 Å². The zero-order valence-corrected chi connectivity index (χ0v) is 50.3. The van der Waals surface area contributed by atoms with Gasteiger partial charge in [-0.25, -0.2) is 0 Å². The third kappa shape index (κ3) is 55.1. The van der Waals surface area contributed by atoms with Gasteiger partial charge in [0.1, 0.15) is 19.3 Å². The molecule has 0 aliphatic heterocycles. The molecule has 1 N–H and O–H groups in total. The largest absolute Gasteiger partial charge is 0.756 e. The van der Waals surface area contributed by atoms with E-state index in [-0.39, 0.29) is 31.5 Å². The quantitative estimate of drug-likeness (QED) is 0.0212. The number of phosphoric acid groups is 1. The highest BCUT2D eigenvalue weighted by Gasteiger charge is 2.27. The van der Waals surface area contributed by atoms with E-state index in [9.17, 15) is 19.0 Å². The second kappa shape index (κ2) is 53.9. The monoisotopic (exact) mass is 1050 g/mol. The molecule has 0 heterocycles. The molecule has 432 valence electrons. The topological polar surface area (TPSA) is 114 Å². The molecule has 10 heteroatoms. The molecule has 0 aliphatic carbocycles. The summed E-state index contributed by atoms with van der Waals surface area (Å²) >= 11 is 0. The molecule has 0 spiro atoms. The van der Waals surface area contributed by atoms with E-state index < -0.39 is 20.0 Å². The molecule has 9 nitrogen and oxygen atoms in total. The van der Waals surface area contributed by atoms with Gasteiger partial charge in [-0.3, -0.25) is 14.2 Å². The van der Waals surface area contributed by atoms with Crippen LogP contribution in [0.15, 0.2) is 24.3 Å². The Bertz CT molecular complexity index is 1300. The number of carbonyl (C=O) groups is 2.